The summed E-state index contributed by atoms with van der Waals surface area (Å²) in [5.41, 5.74) is 5.47. The molecule has 3 rings (SSSR count). The van der Waals surface area contributed by atoms with Crippen molar-refractivity contribution in [2.45, 2.75) is 33.7 Å². The summed E-state index contributed by atoms with van der Waals surface area (Å²) >= 11 is 0. The van der Waals surface area contributed by atoms with Gasteiger partial charge in [-0.2, -0.15) is 5.10 Å². The third-order valence-corrected chi connectivity index (χ3v) is 4.99. The Bertz CT molecular complexity index is 860. The number of para-hydroxylation sites is 1. The summed E-state index contributed by atoms with van der Waals surface area (Å²) < 4.78 is 1.87. The number of benzene rings is 1. The number of guanidine groups is 1. The van der Waals surface area contributed by atoms with Crippen molar-refractivity contribution in [3.05, 3.63) is 46.8 Å². The van der Waals surface area contributed by atoms with E-state index in [1.54, 1.807) is 0 Å². The van der Waals surface area contributed by atoms with E-state index in [9.17, 15) is 4.79 Å². The second-order valence-corrected chi connectivity index (χ2v) is 6.75. The van der Waals surface area contributed by atoms with Crippen LogP contribution >= 0.6 is 24.0 Å². The molecule has 2 N–H and O–H groups in total. The molecule has 0 saturated carbocycles. The summed E-state index contributed by atoms with van der Waals surface area (Å²) in [7, 11) is 1.94. The highest BCUT2D eigenvalue weighted by atomic mass is 127. The molecule has 1 amide bonds. The number of nitrogens with one attached hydrogen (secondary N) is 2. The number of carbonyl (C=O) groups excluding carboxylic acids is 1. The third kappa shape index (κ3) is 4.84. The van der Waals surface area contributed by atoms with Gasteiger partial charge in [0.2, 0.25) is 5.91 Å². The van der Waals surface area contributed by atoms with E-state index in [-0.39, 0.29) is 36.4 Å². The normalized spacial score (nSPS) is 13.1. The Morgan fingerprint density at radius 3 is 2.68 bits per heavy atom. The van der Waals surface area contributed by atoms with Crippen LogP contribution in [-0.2, 0) is 24.8 Å². The average molecular weight is 496 g/mol. The molecule has 0 unspecified atom stereocenters. The van der Waals surface area contributed by atoms with Gasteiger partial charge in [-0.3, -0.25) is 9.48 Å². The highest BCUT2D eigenvalue weighted by Gasteiger charge is 2.23. The number of hydrogen-bond acceptors (Lipinski definition) is 3. The molecule has 1 aliphatic heterocycles. The first-order chi connectivity index (χ1) is 13.0. The highest BCUT2D eigenvalue weighted by molar-refractivity contribution is 14.0. The maximum absolute atomic E-state index is 12.7. The quantitative estimate of drug-likeness (QED) is 0.379. The van der Waals surface area contributed by atoms with Gasteiger partial charge >= 0.3 is 0 Å². The Balaban J connectivity index is 0.00000280. The molecule has 1 aromatic carbocycles. The number of anilines is 1. The molecule has 152 valence electrons. The molecule has 7 nitrogen and oxygen atoms in total. The number of aryl methyl sites for hydroxylation is 2. The fourth-order valence-electron chi connectivity index (χ4n) is 3.40. The van der Waals surface area contributed by atoms with Crippen molar-refractivity contribution in [2.75, 3.05) is 24.5 Å². The van der Waals surface area contributed by atoms with Gasteiger partial charge in [0, 0.05) is 37.1 Å². The molecule has 0 atom stereocenters. The van der Waals surface area contributed by atoms with E-state index in [4.69, 9.17) is 0 Å². The number of nitrogens with zero attached hydrogens (tertiary/aromatic N) is 4. The van der Waals surface area contributed by atoms with Crippen LogP contribution in [0.4, 0.5) is 5.69 Å². The lowest BCUT2D eigenvalue weighted by Gasteiger charge is -2.18. The number of halogens is 1. The molecule has 0 radical (unpaired) electrons. The molecule has 0 fully saturated rings. The van der Waals surface area contributed by atoms with Gasteiger partial charge in [0.05, 0.1) is 18.8 Å². The Labute approximate surface area is 183 Å². The molecule has 0 bridgehead atoms. The Kier molecular flexibility index (Phi) is 7.85. The van der Waals surface area contributed by atoms with Gasteiger partial charge in [-0.15, -0.1) is 24.0 Å². The molecule has 0 spiro atoms. The smallest absolute Gasteiger partial charge is 0.246 e. The van der Waals surface area contributed by atoms with Crippen LogP contribution in [0.5, 0.6) is 0 Å². The third-order valence-electron chi connectivity index (χ3n) is 4.99. The number of rotatable bonds is 5. The number of aromatic nitrogens is 2. The van der Waals surface area contributed by atoms with Gasteiger partial charge in [-0.25, -0.2) is 4.99 Å². The van der Waals surface area contributed by atoms with Crippen LogP contribution in [-0.4, -0.2) is 41.3 Å². The van der Waals surface area contributed by atoms with Gasteiger partial charge in [0.25, 0.3) is 0 Å². The van der Waals surface area contributed by atoms with Gasteiger partial charge in [0.1, 0.15) is 0 Å². The van der Waals surface area contributed by atoms with E-state index in [0.717, 1.165) is 42.1 Å². The number of fused-ring (bicyclic) bond motifs is 1. The van der Waals surface area contributed by atoms with E-state index in [1.807, 2.05) is 55.6 Å². The van der Waals surface area contributed by atoms with Crippen LogP contribution in [0.25, 0.3) is 0 Å². The van der Waals surface area contributed by atoms with Crippen molar-refractivity contribution in [2.24, 2.45) is 12.0 Å². The summed E-state index contributed by atoms with van der Waals surface area (Å²) in [6.07, 6.45) is 0.912. The van der Waals surface area contributed by atoms with E-state index in [1.165, 1.54) is 5.56 Å². The van der Waals surface area contributed by atoms with Crippen molar-refractivity contribution in [3.8, 4) is 0 Å². The van der Waals surface area contributed by atoms with Crippen molar-refractivity contribution >= 4 is 41.5 Å². The average Bonchev–Trinajstić information content (AvgIpc) is 3.19. The zero-order valence-corrected chi connectivity index (χ0v) is 19.3. The second kappa shape index (κ2) is 9.90. The van der Waals surface area contributed by atoms with Crippen molar-refractivity contribution < 1.29 is 4.79 Å². The van der Waals surface area contributed by atoms with Gasteiger partial charge in [-0.1, -0.05) is 18.2 Å². The van der Waals surface area contributed by atoms with Crippen LogP contribution in [0, 0.1) is 13.8 Å². The van der Waals surface area contributed by atoms with Gasteiger partial charge in [0.15, 0.2) is 5.96 Å². The fraction of sp³-hybridized carbons (Fsp3) is 0.450. The molecule has 0 saturated heterocycles. The minimum absolute atomic E-state index is 0. The maximum Gasteiger partial charge on any atom is 0.246 e. The van der Waals surface area contributed by atoms with Crippen LogP contribution < -0.4 is 15.5 Å². The molecular weight excluding hydrogens is 467 g/mol. The van der Waals surface area contributed by atoms with E-state index >= 15 is 0 Å². The first-order valence-electron chi connectivity index (χ1n) is 9.40. The Hall–Kier alpha value is -2.10. The van der Waals surface area contributed by atoms with Gasteiger partial charge in [-0.05, 0) is 38.8 Å². The largest absolute Gasteiger partial charge is 0.357 e. The van der Waals surface area contributed by atoms with Crippen molar-refractivity contribution in [1.82, 2.24) is 20.4 Å². The summed E-state index contributed by atoms with van der Waals surface area (Å²) in [5, 5.41) is 10.8. The highest BCUT2D eigenvalue weighted by Crippen LogP contribution is 2.27. The summed E-state index contributed by atoms with van der Waals surface area (Å²) in [6, 6.07) is 8.08. The molecule has 1 aromatic heterocycles. The predicted molar refractivity (Wildman–Crippen MR) is 123 cm³/mol. The summed E-state index contributed by atoms with van der Waals surface area (Å²) in [5.74, 6) is 0.695. The van der Waals surface area contributed by atoms with E-state index < -0.39 is 0 Å². The first kappa shape index (κ1) is 22.2. The Morgan fingerprint density at radius 1 is 1.25 bits per heavy atom. The Morgan fingerprint density at radius 2 is 2.00 bits per heavy atom. The lowest BCUT2D eigenvalue weighted by atomic mass is 10.2. The predicted octanol–water partition coefficient (Wildman–Crippen LogP) is 2.30. The maximum atomic E-state index is 12.7. The zero-order valence-electron chi connectivity index (χ0n) is 17.0. The fourth-order valence-corrected chi connectivity index (χ4v) is 3.40. The lowest BCUT2D eigenvalue weighted by molar-refractivity contribution is -0.117. The minimum atomic E-state index is 0. The van der Waals surface area contributed by atoms with E-state index in [2.05, 4.69) is 26.8 Å². The summed E-state index contributed by atoms with van der Waals surface area (Å²) in [4.78, 5) is 19.2. The van der Waals surface area contributed by atoms with Crippen LogP contribution in [0.3, 0.4) is 0 Å². The monoisotopic (exact) mass is 496 g/mol. The van der Waals surface area contributed by atoms with Crippen LogP contribution in [0.2, 0.25) is 0 Å². The molecular formula is C20H29IN6O. The van der Waals surface area contributed by atoms with Gasteiger partial charge < -0.3 is 15.5 Å². The van der Waals surface area contributed by atoms with Crippen LogP contribution in [0.15, 0.2) is 29.3 Å². The number of amides is 1. The van der Waals surface area contributed by atoms with Crippen LogP contribution in [0.1, 0.15) is 29.4 Å². The molecule has 1 aliphatic rings. The van der Waals surface area contributed by atoms with Crippen molar-refractivity contribution in [1.29, 1.82) is 0 Å². The SMILES string of the molecule is CCNC(=NCc1c(C)nn(C)c1C)NCC(=O)N1CCc2ccccc21.I. The number of aliphatic imine (C=N–C) groups is 1. The minimum Gasteiger partial charge on any atom is -0.357 e. The topological polar surface area (TPSA) is 74.5 Å². The number of carbonyl (C=O) groups is 1. The molecule has 0 aliphatic carbocycles. The number of hydrogen-bond donors (Lipinski definition) is 2. The standard InChI is InChI=1S/C20H28N6O.HI/c1-5-21-20(22-12-17-14(2)24-25(4)15(17)3)23-13-19(27)26-11-10-16-8-6-7-9-18(16)26;/h6-9H,5,10-13H2,1-4H3,(H2,21,22,23);1H. The molecule has 2 heterocycles. The summed E-state index contributed by atoms with van der Waals surface area (Å²) in [6.45, 7) is 8.26. The molecule has 28 heavy (non-hydrogen) atoms. The molecule has 2 aromatic rings. The molecule has 8 heteroatoms. The lowest BCUT2D eigenvalue weighted by Crippen LogP contribution is -2.44. The first-order valence-corrected chi connectivity index (χ1v) is 9.40. The zero-order chi connectivity index (χ0) is 19.4. The van der Waals surface area contributed by atoms with Crippen molar-refractivity contribution in [3.63, 3.8) is 0 Å². The second-order valence-electron chi connectivity index (χ2n) is 6.75. The van der Waals surface area contributed by atoms with E-state index in [0.29, 0.717) is 12.5 Å².